The van der Waals surface area contributed by atoms with Crippen molar-refractivity contribution < 1.29 is 9.53 Å². The van der Waals surface area contributed by atoms with Crippen LogP contribution < -0.4 is 10.5 Å². The molecule has 3 nitrogen and oxygen atoms in total. The van der Waals surface area contributed by atoms with Gasteiger partial charge in [-0.05, 0) is 41.5 Å². The van der Waals surface area contributed by atoms with Gasteiger partial charge in [-0.1, -0.05) is 66.6 Å². The van der Waals surface area contributed by atoms with Gasteiger partial charge in [0.05, 0.1) is 0 Å². The molecule has 5 rings (SSSR count). The van der Waals surface area contributed by atoms with Crippen molar-refractivity contribution in [2.75, 3.05) is 5.73 Å². The highest BCUT2D eigenvalue weighted by Crippen LogP contribution is 2.29. The van der Waals surface area contributed by atoms with Gasteiger partial charge in [-0.2, -0.15) is 0 Å². The maximum atomic E-state index is 12.6. The van der Waals surface area contributed by atoms with Crippen LogP contribution in [0, 0.1) is 12.3 Å². The lowest BCUT2D eigenvalue weighted by Gasteiger charge is -2.10. The average Bonchev–Trinajstić information content (AvgIpc) is 2.76. The van der Waals surface area contributed by atoms with Crippen LogP contribution in [0.5, 0.6) is 11.5 Å². The number of rotatable bonds is 4. The topological polar surface area (TPSA) is 52.3 Å². The van der Waals surface area contributed by atoms with Crippen molar-refractivity contribution in [2.45, 2.75) is 0 Å². The van der Waals surface area contributed by atoms with Crippen molar-refractivity contribution in [1.29, 1.82) is 0 Å². The predicted molar refractivity (Wildman–Crippen MR) is 121 cm³/mol. The van der Waals surface area contributed by atoms with Gasteiger partial charge in [-0.15, -0.1) is 6.42 Å². The molecule has 0 aliphatic heterocycles. The molecule has 0 unspecified atom stereocenters. The van der Waals surface area contributed by atoms with Crippen LogP contribution in [0.15, 0.2) is 97.1 Å². The van der Waals surface area contributed by atoms with Crippen LogP contribution >= 0.6 is 0 Å². The summed E-state index contributed by atoms with van der Waals surface area (Å²) in [5, 5.41) is 0. The highest BCUT2D eigenvalue weighted by Gasteiger charge is 2.13. The Kier molecular flexibility index (Phi) is 5.32. The van der Waals surface area contributed by atoms with Gasteiger partial charge in [0.1, 0.15) is 11.5 Å². The van der Waals surface area contributed by atoms with Gasteiger partial charge >= 0.3 is 0 Å². The third-order valence-electron chi connectivity index (χ3n) is 4.74. The largest absolute Gasteiger partial charge is 0.457 e. The zero-order valence-electron chi connectivity index (χ0n) is 16.2. The molecule has 2 aliphatic rings. The molecule has 30 heavy (non-hydrogen) atoms. The summed E-state index contributed by atoms with van der Waals surface area (Å²) in [4.78, 5) is 12.6. The molecular weight excluding hydrogens is 370 g/mol. The first-order valence-electron chi connectivity index (χ1n) is 9.48. The highest BCUT2D eigenvalue weighted by molar-refractivity contribution is 6.10. The quantitative estimate of drug-likeness (QED) is 0.235. The molecule has 3 heteroatoms. The monoisotopic (exact) mass is 389 g/mol. The smallest absolute Gasteiger partial charge is 0.194 e. The van der Waals surface area contributed by atoms with E-state index in [1.165, 1.54) is 11.1 Å². The molecule has 2 aliphatic carbocycles. The number of carbonyl (C=O) groups excluding carboxylic acids is 1. The second kappa shape index (κ2) is 8.38. The van der Waals surface area contributed by atoms with E-state index in [9.17, 15) is 4.79 Å². The number of nitrogen functional groups attached to an aromatic ring is 1. The number of hydrogen-bond acceptors (Lipinski definition) is 3. The summed E-state index contributed by atoms with van der Waals surface area (Å²) in [5.74, 6) is 3.61. The fourth-order valence-electron chi connectivity index (χ4n) is 3.03. The van der Waals surface area contributed by atoms with Crippen molar-refractivity contribution >= 4 is 11.5 Å². The fourth-order valence-corrected chi connectivity index (χ4v) is 3.03. The maximum Gasteiger partial charge on any atom is 0.194 e. The predicted octanol–water partition coefficient (Wildman–Crippen LogP) is 5.94. The Labute approximate surface area is 175 Å². The normalized spacial score (nSPS) is 10.2. The molecule has 0 atom stereocenters. The third-order valence-corrected chi connectivity index (χ3v) is 4.74. The van der Waals surface area contributed by atoms with E-state index in [1.807, 2.05) is 18.2 Å². The summed E-state index contributed by atoms with van der Waals surface area (Å²) in [7, 11) is 0. The molecule has 0 radical (unpaired) electrons. The van der Waals surface area contributed by atoms with Gasteiger partial charge in [-0.3, -0.25) is 4.79 Å². The molecule has 3 aromatic carbocycles. The number of nitrogens with two attached hydrogens (primary N) is 1. The van der Waals surface area contributed by atoms with Gasteiger partial charge < -0.3 is 10.5 Å². The zero-order chi connectivity index (χ0) is 20.9. The Morgan fingerprint density at radius 1 is 0.767 bits per heavy atom. The van der Waals surface area contributed by atoms with E-state index >= 15 is 0 Å². The van der Waals surface area contributed by atoms with Crippen LogP contribution in [0.2, 0.25) is 0 Å². The first-order chi connectivity index (χ1) is 14.6. The Morgan fingerprint density at radius 2 is 1.43 bits per heavy atom. The molecule has 0 saturated carbocycles. The lowest BCUT2D eigenvalue weighted by Crippen LogP contribution is -2.04. The summed E-state index contributed by atoms with van der Waals surface area (Å²) < 4.78 is 5.76. The van der Waals surface area contributed by atoms with E-state index in [4.69, 9.17) is 16.9 Å². The minimum atomic E-state index is -0.112. The Balaban J connectivity index is 0.000000305. The van der Waals surface area contributed by atoms with E-state index in [2.05, 4.69) is 30.2 Å². The van der Waals surface area contributed by atoms with Crippen molar-refractivity contribution in [3.63, 3.8) is 0 Å². The van der Waals surface area contributed by atoms with Crippen molar-refractivity contribution in [3.8, 4) is 35.0 Å². The van der Waals surface area contributed by atoms with Gasteiger partial charge in [0.25, 0.3) is 0 Å². The summed E-state index contributed by atoms with van der Waals surface area (Å²) in [5.41, 5.74) is 10.8. The molecule has 2 N–H and O–H groups in total. The van der Waals surface area contributed by atoms with Crippen LogP contribution in [0.1, 0.15) is 21.5 Å². The Morgan fingerprint density at radius 3 is 2.00 bits per heavy atom. The van der Waals surface area contributed by atoms with Gasteiger partial charge in [0.2, 0.25) is 0 Å². The van der Waals surface area contributed by atoms with E-state index in [1.54, 1.807) is 54.6 Å². The summed E-state index contributed by atoms with van der Waals surface area (Å²) >= 11 is 0. The molecule has 0 saturated heterocycles. The Hall–Kier alpha value is -4.29. The standard InChI is InChI=1S/C21H15NO2.C6H4/c1-2-15-13-19(24-18-10-6-9-17(22)14-18)11-12-20(15)21(23)16-7-4-3-5-8-16;1-2-6-4-3-5(1)6/h1,3-14H,22H2;1-4H. The second-order valence-electron chi connectivity index (χ2n) is 6.80. The SMILES string of the molecule is C#Cc1cc(Oc2cccc(N)c2)ccc1C(=O)c1ccccc1.c1cc2ccc1-2. The van der Waals surface area contributed by atoms with Crippen molar-refractivity contribution in [1.82, 2.24) is 0 Å². The molecule has 3 aromatic rings. The van der Waals surface area contributed by atoms with Gasteiger partial charge in [0, 0.05) is 28.4 Å². The number of ether oxygens (including phenoxy) is 1. The molecule has 0 aromatic heterocycles. The van der Waals surface area contributed by atoms with Crippen LogP contribution in [-0.4, -0.2) is 5.78 Å². The average molecular weight is 389 g/mol. The number of anilines is 1. The zero-order valence-corrected chi connectivity index (χ0v) is 16.2. The number of hydrogen-bond donors (Lipinski definition) is 1. The minimum Gasteiger partial charge on any atom is -0.457 e. The first-order valence-corrected chi connectivity index (χ1v) is 9.48. The minimum absolute atomic E-state index is 0.112. The van der Waals surface area contributed by atoms with Gasteiger partial charge in [0.15, 0.2) is 5.78 Å². The van der Waals surface area contributed by atoms with Crippen LogP contribution in [0.3, 0.4) is 0 Å². The van der Waals surface area contributed by atoms with Gasteiger partial charge in [-0.25, -0.2) is 0 Å². The molecular formula is C27H19NO2. The number of benzene rings is 4. The summed E-state index contributed by atoms with van der Waals surface area (Å²) in [6.07, 6.45) is 5.58. The molecule has 0 spiro atoms. The van der Waals surface area contributed by atoms with Crippen LogP contribution in [0.4, 0.5) is 5.69 Å². The molecule has 0 amide bonds. The van der Waals surface area contributed by atoms with Crippen molar-refractivity contribution in [2.24, 2.45) is 0 Å². The lowest BCUT2D eigenvalue weighted by atomic mass is 9.95. The highest BCUT2D eigenvalue weighted by atomic mass is 16.5. The molecule has 0 bridgehead atoms. The molecule has 144 valence electrons. The number of ketones is 1. The first kappa shape index (κ1) is 19.0. The van der Waals surface area contributed by atoms with Crippen LogP contribution in [-0.2, 0) is 0 Å². The van der Waals surface area contributed by atoms with Crippen molar-refractivity contribution in [3.05, 3.63) is 114 Å². The third kappa shape index (κ3) is 4.09. The number of terminal acetylenes is 1. The maximum absolute atomic E-state index is 12.6. The molecule has 0 fully saturated rings. The van der Waals surface area contributed by atoms with E-state index < -0.39 is 0 Å². The van der Waals surface area contributed by atoms with E-state index in [-0.39, 0.29) is 5.78 Å². The van der Waals surface area contributed by atoms with E-state index in [0.29, 0.717) is 33.9 Å². The van der Waals surface area contributed by atoms with Crippen LogP contribution in [0.25, 0.3) is 11.1 Å². The number of fused-ring (bicyclic) bond motifs is 1. The molecule has 0 heterocycles. The fraction of sp³-hybridized carbons (Fsp3) is 0. The summed E-state index contributed by atoms with van der Waals surface area (Å²) in [6.45, 7) is 0. The summed E-state index contributed by atoms with van der Waals surface area (Å²) in [6, 6.07) is 29.7. The second-order valence-corrected chi connectivity index (χ2v) is 6.80. The number of carbonyl (C=O) groups is 1. The van der Waals surface area contributed by atoms with E-state index in [0.717, 1.165) is 0 Å². The lowest BCUT2D eigenvalue weighted by molar-refractivity contribution is 0.103. The Bertz CT molecular complexity index is 1220.